The van der Waals surface area contributed by atoms with Gasteiger partial charge in [-0.05, 0) is 44.0 Å². The summed E-state index contributed by atoms with van der Waals surface area (Å²) in [6.07, 6.45) is 8.64. The number of benzene rings is 3. The summed E-state index contributed by atoms with van der Waals surface area (Å²) in [5.74, 6) is 0.0656. The van der Waals surface area contributed by atoms with Gasteiger partial charge in [0.25, 0.3) is 0 Å². The Kier molecular flexibility index (Phi) is 6.18. The maximum Gasteiger partial charge on any atom is 0.339 e. The number of rotatable bonds is 7. The molecule has 8 heteroatoms. The van der Waals surface area contributed by atoms with Crippen LogP contribution in [0, 0.1) is 6.92 Å². The van der Waals surface area contributed by atoms with Crippen molar-refractivity contribution in [1.29, 1.82) is 0 Å². The lowest BCUT2D eigenvalue weighted by atomic mass is 9.90. The second kappa shape index (κ2) is 8.78. The van der Waals surface area contributed by atoms with Gasteiger partial charge in [0, 0.05) is 10.8 Å². The first-order valence-corrected chi connectivity index (χ1v) is 13.5. The van der Waals surface area contributed by atoms with E-state index in [1.54, 1.807) is 36.4 Å². The van der Waals surface area contributed by atoms with Crippen LogP contribution >= 0.6 is 0 Å². The van der Waals surface area contributed by atoms with Crippen molar-refractivity contribution < 1.29 is 21.0 Å². The number of sulfonamides is 1. The topological polar surface area (TPSA) is 89.5 Å². The van der Waals surface area contributed by atoms with Crippen LogP contribution in [0.4, 0.5) is 0 Å². The zero-order valence-electron chi connectivity index (χ0n) is 18.4. The number of allylic oxidation sites excluding steroid dienone is 2. The summed E-state index contributed by atoms with van der Waals surface area (Å²) in [5, 5.41) is 0.767. The molecule has 172 valence electrons. The Morgan fingerprint density at radius 1 is 0.909 bits per heavy atom. The van der Waals surface area contributed by atoms with Crippen molar-refractivity contribution >= 4 is 30.9 Å². The third kappa shape index (κ3) is 4.73. The highest BCUT2D eigenvalue weighted by molar-refractivity contribution is 7.89. The van der Waals surface area contributed by atoms with Crippen LogP contribution in [0.5, 0.6) is 5.75 Å². The predicted octanol–water partition coefficient (Wildman–Crippen LogP) is 4.86. The average Bonchev–Trinajstić information content (AvgIpc) is 2.79. The number of fused-ring (bicyclic) bond motifs is 1. The van der Waals surface area contributed by atoms with E-state index in [0.29, 0.717) is 23.6 Å². The molecule has 0 saturated heterocycles. The summed E-state index contributed by atoms with van der Waals surface area (Å²) in [6.45, 7) is 3.79. The smallest absolute Gasteiger partial charge is 0.339 e. The molecule has 1 atom stereocenters. The van der Waals surface area contributed by atoms with Crippen molar-refractivity contribution in [2.45, 2.75) is 42.0 Å². The number of hydrogen-bond acceptors (Lipinski definition) is 5. The van der Waals surface area contributed by atoms with Crippen molar-refractivity contribution in [2.75, 3.05) is 0 Å². The van der Waals surface area contributed by atoms with Crippen molar-refractivity contribution in [1.82, 2.24) is 4.72 Å². The van der Waals surface area contributed by atoms with Crippen LogP contribution in [0.15, 0.2) is 94.8 Å². The highest BCUT2D eigenvalue weighted by Crippen LogP contribution is 2.33. The van der Waals surface area contributed by atoms with E-state index in [-0.39, 0.29) is 15.5 Å². The standard InChI is InChI=1S/C25H25NO5S2/c1-3-25(17-5-4-6-18-25)26-32(27,28)24-12-8-9-21-22(24)10-7-11-23(21)31-33(29,30)20-15-13-19(2)14-16-20/h4-17,26H,3,18H2,1-2H3. The Labute approximate surface area is 194 Å². The Bertz CT molecular complexity index is 1460. The Morgan fingerprint density at radius 3 is 2.27 bits per heavy atom. The molecule has 1 unspecified atom stereocenters. The Hall–Kier alpha value is -2.94. The average molecular weight is 484 g/mol. The fraction of sp³-hybridized carbons (Fsp3) is 0.200. The molecule has 1 aliphatic carbocycles. The van der Waals surface area contributed by atoms with Gasteiger partial charge in [-0.3, -0.25) is 0 Å². The summed E-state index contributed by atoms with van der Waals surface area (Å²) < 4.78 is 60.7. The van der Waals surface area contributed by atoms with E-state index >= 15 is 0 Å². The van der Waals surface area contributed by atoms with Crippen molar-refractivity contribution in [2.24, 2.45) is 0 Å². The molecule has 0 aromatic heterocycles. The second-order valence-electron chi connectivity index (χ2n) is 8.06. The second-order valence-corrected chi connectivity index (χ2v) is 11.3. The lowest BCUT2D eigenvalue weighted by Gasteiger charge is -2.31. The highest BCUT2D eigenvalue weighted by Gasteiger charge is 2.32. The van der Waals surface area contributed by atoms with E-state index < -0.39 is 25.7 Å². The molecule has 0 amide bonds. The van der Waals surface area contributed by atoms with Gasteiger partial charge in [-0.2, -0.15) is 8.42 Å². The van der Waals surface area contributed by atoms with E-state index in [1.807, 2.05) is 38.2 Å². The molecular formula is C25H25NO5S2. The van der Waals surface area contributed by atoms with Gasteiger partial charge in [0.05, 0.1) is 10.4 Å². The molecule has 1 aliphatic rings. The summed E-state index contributed by atoms with van der Waals surface area (Å²) in [7, 11) is -8.00. The van der Waals surface area contributed by atoms with Crippen LogP contribution < -0.4 is 8.91 Å². The lowest BCUT2D eigenvalue weighted by molar-refractivity contribution is 0.450. The number of aryl methyl sites for hydroxylation is 1. The molecule has 33 heavy (non-hydrogen) atoms. The van der Waals surface area contributed by atoms with Crippen molar-refractivity contribution in [3.63, 3.8) is 0 Å². The summed E-state index contributed by atoms with van der Waals surface area (Å²) in [4.78, 5) is 0.0894. The van der Waals surface area contributed by atoms with E-state index in [4.69, 9.17) is 4.18 Å². The molecule has 4 rings (SSSR count). The molecule has 0 bridgehead atoms. The molecule has 0 spiro atoms. The summed E-state index contributed by atoms with van der Waals surface area (Å²) in [6, 6.07) is 15.8. The molecule has 0 heterocycles. The maximum absolute atomic E-state index is 13.4. The molecule has 1 N–H and O–H groups in total. The van der Waals surface area contributed by atoms with Crippen LogP contribution in [-0.2, 0) is 20.1 Å². The van der Waals surface area contributed by atoms with Gasteiger partial charge in [0.15, 0.2) is 5.75 Å². The van der Waals surface area contributed by atoms with Gasteiger partial charge in [-0.15, -0.1) is 0 Å². The van der Waals surface area contributed by atoms with Crippen LogP contribution in [0.1, 0.15) is 25.3 Å². The van der Waals surface area contributed by atoms with Crippen LogP contribution in [0.3, 0.4) is 0 Å². The molecule has 0 fully saturated rings. The Balaban J connectivity index is 1.74. The largest absolute Gasteiger partial charge is 0.378 e. The zero-order chi connectivity index (χ0) is 23.7. The normalized spacial score (nSPS) is 18.5. The minimum atomic E-state index is -4.09. The SMILES string of the molecule is CCC1(NS(=O)(=O)c2cccc3c(OS(=O)(=O)c4ccc(C)cc4)cccc23)C=CC=CC1. The molecular weight excluding hydrogens is 458 g/mol. The monoisotopic (exact) mass is 483 g/mol. The Morgan fingerprint density at radius 2 is 1.61 bits per heavy atom. The molecule has 6 nitrogen and oxygen atoms in total. The summed E-state index contributed by atoms with van der Waals surface area (Å²) in [5.41, 5.74) is 0.216. The maximum atomic E-state index is 13.4. The fourth-order valence-corrected chi connectivity index (χ4v) is 6.44. The highest BCUT2D eigenvalue weighted by atomic mass is 32.2. The molecule has 3 aromatic carbocycles. The van der Waals surface area contributed by atoms with Crippen LogP contribution in [-0.4, -0.2) is 22.4 Å². The van der Waals surface area contributed by atoms with Crippen molar-refractivity contribution in [3.8, 4) is 5.75 Å². The molecule has 0 aliphatic heterocycles. The third-order valence-corrected chi connectivity index (χ3v) is 8.61. The van der Waals surface area contributed by atoms with E-state index in [0.717, 1.165) is 5.56 Å². The van der Waals surface area contributed by atoms with Gasteiger partial charge in [-0.1, -0.05) is 73.2 Å². The van der Waals surface area contributed by atoms with Crippen molar-refractivity contribution in [3.05, 3.63) is 90.5 Å². The minimum absolute atomic E-state index is 0.0255. The minimum Gasteiger partial charge on any atom is -0.378 e. The molecule has 3 aromatic rings. The van der Waals surface area contributed by atoms with Gasteiger partial charge >= 0.3 is 10.1 Å². The number of nitrogens with one attached hydrogen (secondary N) is 1. The van der Waals surface area contributed by atoms with E-state index in [9.17, 15) is 16.8 Å². The molecule has 0 saturated carbocycles. The predicted molar refractivity (Wildman–Crippen MR) is 129 cm³/mol. The van der Waals surface area contributed by atoms with Crippen LogP contribution in [0.25, 0.3) is 10.8 Å². The third-order valence-electron chi connectivity index (χ3n) is 5.75. The van der Waals surface area contributed by atoms with Gasteiger partial charge in [0.1, 0.15) is 4.90 Å². The first-order chi connectivity index (χ1) is 15.7. The first-order valence-electron chi connectivity index (χ1n) is 10.6. The summed E-state index contributed by atoms with van der Waals surface area (Å²) >= 11 is 0. The molecule has 0 radical (unpaired) electrons. The zero-order valence-corrected chi connectivity index (χ0v) is 20.0. The van der Waals surface area contributed by atoms with Gasteiger partial charge in [0.2, 0.25) is 10.0 Å². The quantitative estimate of drug-likeness (QED) is 0.485. The van der Waals surface area contributed by atoms with E-state index in [1.165, 1.54) is 24.3 Å². The lowest BCUT2D eigenvalue weighted by Crippen LogP contribution is -2.46. The van der Waals surface area contributed by atoms with Gasteiger partial charge in [-0.25, -0.2) is 13.1 Å². The fourth-order valence-electron chi connectivity index (χ4n) is 3.83. The first kappa shape index (κ1) is 23.2. The number of hydrogen-bond donors (Lipinski definition) is 1. The van der Waals surface area contributed by atoms with Crippen LogP contribution in [0.2, 0.25) is 0 Å². The van der Waals surface area contributed by atoms with E-state index in [2.05, 4.69) is 4.72 Å². The van der Waals surface area contributed by atoms with Gasteiger partial charge < -0.3 is 4.18 Å².